The number of carbonyl (C=O) groups excluding carboxylic acids is 3. The van der Waals surface area contributed by atoms with Gasteiger partial charge in [-0.1, -0.05) is 36.2 Å². The molecule has 1 spiro atoms. The fourth-order valence-corrected chi connectivity index (χ4v) is 6.15. The molecule has 0 fully saturated rings. The Kier molecular flexibility index (Phi) is 6.55. The van der Waals surface area contributed by atoms with Crippen molar-refractivity contribution in [1.82, 2.24) is 5.32 Å². The Balaban J connectivity index is 1.73. The Morgan fingerprint density at radius 3 is 2.41 bits per heavy atom. The van der Waals surface area contributed by atoms with Gasteiger partial charge in [0.1, 0.15) is 27.8 Å². The first kappa shape index (κ1) is 26.9. The zero-order valence-corrected chi connectivity index (χ0v) is 23.2. The second-order valence-corrected chi connectivity index (χ2v) is 10.4. The standard InChI is InChI=1S/C28H25Cl2NO8/c1-11-8-15-21(20(13-6-7-16(32)14(29)9-13)19(12(2)31-15)27(35)38-5)25(33)28(11)26(34)22-17(36-3)10-18(37-4)23(30)24(22)39-28/h6-7,9-11,20,31-32H,8H2,1-5H3/t11-,20-,28+/m1/s1. The number of halogens is 2. The number of rotatable bonds is 4. The summed E-state index contributed by atoms with van der Waals surface area (Å²) in [5.74, 6) is -3.29. The molecule has 0 saturated carbocycles. The van der Waals surface area contributed by atoms with Gasteiger partial charge in [-0.05, 0) is 31.0 Å². The molecule has 9 nitrogen and oxygen atoms in total. The van der Waals surface area contributed by atoms with Crippen LogP contribution < -0.4 is 19.5 Å². The van der Waals surface area contributed by atoms with Gasteiger partial charge in [0.2, 0.25) is 17.2 Å². The molecule has 0 unspecified atom stereocenters. The van der Waals surface area contributed by atoms with Crippen molar-refractivity contribution in [3.8, 4) is 23.0 Å². The number of aromatic hydroxyl groups is 1. The minimum Gasteiger partial charge on any atom is -0.506 e. The molecule has 5 rings (SSSR count). The lowest BCUT2D eigenvalue weighted by atomic mass is 9.65. The van der Waals surface area contributed by atoms with Crippen LogP contribution in [0.4, 0.5) is 0 Å². The summed E-state index contributed by atoms with van der Waals surface area (Å²) in [6.45, 7) is 3.45. The molecule has 3 aliphatic rings. The quantitative estimate of drug-likeness (QED) is 0.395. The van der Waals surface area contributed by atoms with Crippen molar-refractivity contribution in [2.45, 2.75) is 31.8 Å². The second kappa shape index (κ2) is 9.50. The number of hydrogen-bond acceptors (Lipinski definition) is 9. The van der Waals surface area contributed by atoms with Crippen molar-refractivity contribution in [3.05, 3.63) is 68.0 Å². The van der Waals surface area contributed by atoms with Crippen molar-refractivity contribution in [2.24, 2.45) is 5.92 Å². The Labute approximate surface area is 234 Å². The smallest absolute Gasteiger partial charge is 0.336 e. The summed E-state index contributed by atoms with van der Waals surface area (Å²) in [6.07, 6.45) is 0.242. The zero-order valence-electron chi connectivity index (χ0n) is 21.7. The Hall–Kier alpha value is -3.69. The number of nitrogens with one attached hydrogen (secondary N) is 1. The second-order valence-electron chi connectivity index (χ2n) is 9.59. The maximum atomic E-state index is 14.6. The zero-order chi connectivity index (χ0) is 28.4. The number of carbonyl (C=O) groups is 3. The Bertz CT molecular complexity index is 1530. The van der Waals surface area contributed by atoms with Crippen molar-refractivity contribution in [2.75, 3.05) is 21.3 Å². The van der Waals surface area contributed by atoms with Crippen LogP contribution in [0.2, 0.25) is 10.0 Å². The van der Waals surface area contributed by atoms with Gasteiger partial charge in [-0.25, -0.2) is 4.79 Å². The van der Waals surface area contributed by atoms with Crippen molar-refractivity contribution in [3.63, 3.8) is 0 Å². The molecule has 11 heteroatoms. The predicted molar refractivity (Wildman–Crippen MR) is 142 cm³/mol. The number of methoxy groups -OCH3 is 3. The predicted octanol–water partition coefficient (Wildman–Crippen LogP) is 4.73. The molecule has 39 heavy (non-hydrogen) atoms. The lowest BCUT2D eigenvalue weighted by molar-refractivity contribution is -0.136. The fourth-order valence-electron chi connectivity index (χ4n) is 5.69. The molecule has 0 amide bonds. The van der Waals surface area contributed by atoms with Crippen LogP contribution in [-0.4, -0.2) is 49.6 Å². The molecular weight excluding hydrogens is 549 g/mol. The van der Waals surface area contributed by atoms with E-state index in [9.17, 15) is 19.5 Å². The summed E-state index contributed by atoms with van der Waals surface area (Å²) in [5, 5.41) is 13.3. The maximum Gasteiger partial charge on any atom is 0.336 e. The number of benzene rings is 2. The molecule has 0 radical (unpaired) electrons. The third kappa shape index (κ3) is 3.71. The summed E-state index contributed by atoms with van der Waals surface area (Å²) in [4.78, 5) is 41.8. The van der Waals surface area contributed by atoms with Crippen LogP contribution in [0.25, 0.3) is 0 Å². The highest BCUT2D eigenvalue weighted by atomic mass is 35.5. The van der Waals surface area contributed by atoms with E-state index in [4.69, 9.17) is 42.1 Å². The Morgan fingerprint density at radius 2 is 1.79 bits per heavy atom. The lowest BCUT2D eigenvalue weighted by Crippen LogP contribution is -2.58. The van der Waals surface area contributed by atoms with Gasteiger partial charge in [0, 0.05) is 34.9 Å². The normalized spacial score (nSPS) is 23.8. The number of allylic oxidation sites excluding steroid dienone is 2. The van der Waals surface area contributed by atoms with E-state index < -0.39 is 35.0 Å². The van der Waals surface area contributed by atoms with Gasteiger partial charge in [0.05, 0.1) is 31.9 Å². The van der Waals surface area contributed by atoms with Gasteiger partial charge in [0.25, 0.3) is 0 Å². The minimum absolute atomic E-state index is 0.00460. The summed E-state index contributed by atoms with van der Waals surface area (Å²) in [6, 6.07) is 5.88. The van der Waals surface area contributed by atoms with Crippen LogP contribution in [0.15, 0.2) is 46.8 Å². The van der Waals surface area contributed by atoms with E-state index in [1.54, 1.807) is 19.9 Å². The minimum atomic E-state index is -1.97. The van der Waals surface area contributed by atoms with Crippen LogP contribution in [0.5, 0.6) is 23.0 Å². The average Bonchev–Trinajstić information content (AvgIpc) is 3.23. The number of Topliss-reactive ketones (excluding diaryl/α,β-unsaturated/α-hetero) is 2. The van der Waals surface area contributed by atoms with Crippen molar-refractivity contribution in [1.29, 1.82) is 0 Å². The highest BCUT2D eigenvalue weighted by Crippen LogP contribution is 2.56. The van der Waals surface area contributed by atoms with Crippen molar-refractivity contribution >= 4 is 40.7 Å². The maximum absolute atomic E-state index is 14.6. The van der Waals surface area contributed by atoms with E-state index in [1.807, 2.05) is 0 Å². The molecule has 204 valence electrons. The molecule has 2 aliphatic heterocycles. The number of ketones is 2. The van der Waals surface area contributed by atoms with Crippen molar-refractivity contribution < 1.29 is 38.4 Å². The molecule has 2 N–H and O–H groups in total. The van der Waals surface area contributed by atoms with E-state index in [0.29, 0.717) is 17.0 Å². The van der Waals surface area contributed by atoms with Gasteiger partial charge >= 0.3 is 5.97 Å². The first-order valence-electron chi connectivity index (χ1n) is 12.0. The van der Waals surface area contributed by atoms with Crippen LogP contribution in [-0.2, 0) is 14.3 Å². The first-order valence-corrected chi connectivity index (χ1v) is 12.8. The number of dihydropyridines is 1. The third-order valence-electron chi connectivity index (χ3n) is 7.56. The summed E-state index contributed by atoms with van der Waals surface area (Å²) in [7, 11) is 4.04. The first-order chi connectivity index (χ1) is 18.5. The summed E-state index contributed by atoms with van der Waals surface area (Å²) < 4.78 is 22.1. The number of phenols is 1. The molecular formula is C28H25Cl2NO8. The number of phenolic OH excluding ortho intramolecular Hbond substituents is 1. The molecule has 1 aliphatic carbocycles. The molecule has 0 bridgehead atoms. The monoisotopic (exact) mass is 573 g/mol. The van der Waals surface area contributed by atoms with E-state index in [1.165, 1.54) is 39.5 Å². The van der Waals surface area contributed by atoms with Crippen LogP contribution in [0, 0.1) is 5.92 Å². The Morgan fingerprint density at radius 1 is 1.10 bits per heavy atom. The van der Waals surface area contributed by atoms with Gasteiger partial charge in [-0.2, -0.15) is 0 Å². The number of fused-ring (bicyclic) bond motifs is 1. The molecule has 2 aromatic carbocycles. The molecule has 2 heterocycles. The molecule has 0 aromatic heterocycles. The SMILES string of the molecule is COC(=O)C1=C(C)NC2=C(C(=O)[C@@]3(Oc4c(Cl)c(OC)cc(OC)c4C3=O)[C@H](C)C2)[C@@H]1c1ccc(O)c(Cl)c1. The van der Waals surface area contributed by atoms with Crippen LogP contribution in [0.1, 0.15) is 42.1 Å². The van der Waals surface area contributed by atoms with Crippen LogP contribution >= 0.6 is 23.2 Å². The fraction of sp³-hybridized carbons (Fsp3) is 0.321. The van der Waals surface area contributed by atoms with Gasteiger partial charge in [-0.15, -0.1) is 0 Å². The highest BCUT2D eigenvalue weighted by molar-refractivity contribution is 6.36. The largest absolute Gasteiger partial charge is 0.506 e. The number of ether oxygens (including phenoxy) is 4. The number of hydrogen-bond donors (Lipinski definition) is 2. The molecule has 2 aromatic rings. The van der Waals surface area contributed by atoms with E-state index >= 15 is 0 Å². The topological polar surface area (TPSA) is 120 Å². The van der Waals surface area contributed by atoms with Gasteiger partial charge in [0.15, 0.2) is 5.75 Å². The third-order valence-corrected chi connectivity index (χ3v) is 8.22. The van der Waals surface area contributed by atoms with E-state index in [0.717, 1.165) is 0 Å². The highest BCUT2D eigenvalue weighted by Gasteiger charge is 2.63. The van der Waals surface area contributed by atoms with Crippen LogP contribution in [0.3, 0.4) is 0 Å². The van der Waals surface area contributed by atoms with Gasteiger partial charge < -0.3 is 29.4 Å². The average molecular weight is 574 g/mol. The van der Waals surface area contributed by atoms with E-state index in [-0.39, 0.29) is 56.2 Å². The summed E-state index contributed by atoms with van der Waals surface area (Å²) in [5.41, 5.74) is -0.134. The molecule has 0 saturated heterocycles. The summed E-state index contributed by atoms with van der Waals surface area (Å²) >= 11 is 12.8. The molecule has 3 atom stereocenters. The lowest BCUT2D eigenvalue weighted by Gasteiger charge is -2.42. The number of esters is 1. The van der Waals surface area contributed by atoms with E-state index in [2.05, 4.69) is 5.32 Å². The van der Waals surface area contributed by atoms with Gasteiger partial charge in [-0.3, -0.25) is 9.59 Å².